The van der Waals surface area contributed by atoms with Crippen LogP contribution in [-0.2, 0) is 14.6 Å². The Labute approximate surface area is 112 Å². The lowest BCUT2D eigenvalue weighted by molar-refractivity contribution is 0.0341. The molecule has 0 aromatic heterocycles. The Hall–Kier alpha value is -1.14. The zero-order valence-corrected chi connectivity index (χ0v) is 11.5. The molecule has 0 bridgehead atoms. The summed E-state index contributed by atoms with van der Waals surface area (Å²) in [5, 5.41) is 9.12. The molecule has 0 radical (unpaired) electrons. The fraction of sp³-hybridized carbons (Fsp3) is 0.538. The summed E-state index contributed by atoms with van der Waals surface area (Å²) in [5.41, 5.74) is -0.387. The number of rotatable bonds is 3. The third-order valence-electron chi connectivity index (χ3n) is 3.49. The monoisotopic (exact) mass is 288 g/mol. The van der Waals surface area contributed by atoms with Crippen molar-refractivity contribution < 1.29 is 22.7 Å². The Balaban J connectivity index is 2.27. The molecule has 0 atom stereocenters. The van der Waals surface area contributed by atoms with E-state index in [9.17, 15) is 12.8 Å². The highest BCUT2D eigenvalue weighted by molar-refractivity contribution is 7.91. The van der Waals surface area contributed by atoms with Crippen LogP contribution >= 0.6 is 0 Å². The second-order valence-electron chi connectivity index (χ2n) is 5.30. The molecule has 1 heterocycles. The fourth-order valence-electron chi connectivity index (χ4n) is 2.29. The molecule has 0 amide bonds. The van der Waals surface area contributed by atoms with Gasteiger partial charge in [0.2, 0.25) is 0 Å². The van der Waals surface area contributed by atoms with E-state index in [1.165, 1.54) is 6.07 Å². The highest BCUT2D eigenvalue weighted by atomic mass is 32.2. The van der Waals surface area contributed by atoms with Gasteiger partial charge in [0.15, 0.2) is 9.84 Å². The number of ether oxygens (including phenoxy) is 1. The average molecular weight is 288 g/mol. The molecule has 1 aliphatic heterocycles. The van der Waals surface area contributed by atoms with Crippen molar-refractivity contribution in [3.05, 3.63) is 24.0 Å². The number of hydrogen-bond donors (Lipinski definition) is 1. The van der Waals surface area contributed by atoms with Crippen LogP contribution in [0.1, 0.15) is 19.8 Å². The zero-order chi connectivity index (χ0) is 14.1. The number of phenolic OH excluding ortho intramolecular Hbond substituents is 1. The second kappa shape index (κ2) is 5.09. The minimum atomic E-state index is -3.71. The first-order valence-corrected chi connectivity index (χ1v) is 7.77. The zero-order valence-electron chi connectivity index (χ0n) is 10.7. The van der Waals surface area contributed by atoms with Gasteiger partial charge in [0.1, 0.15) is 16.5 Å². The molecule has 19 heavy (non-hydrogen) atoms. The predicted molar refractivity (Wildman–Crippen MR) is 68.3 cm³/mol. The Morgan fingerprint density at radius 3 is 2.58 bits per heavy atom. The molecule has 0 spiro atoms. The summed E-state index contributed by atoms with van der Waals surface area (Å²) < 4.78 is 43.4. The molecule has 1 N–H and O–H groups in total. The first kappa shape index (κ1) is 14.3. The van der Waals surface area contributed by atoms with E-state index in [0.717, 1.165) is 12.1 Å². The van der Waals surface area contributed by atoms with E-state index in [2.05, 4.69) is 0 Å². The van der Waals surface area contributed by atoms with Crippen LogP contribution < -0.4 is 0 Å². The second-order valence-corrected chi connectivity index (χ2v) is 7.25. The molecule has 2 rings (SSSR count). The Morgan fingerprint density at radius 1 is 1.37 bits per heavy atom. The highest BCUT2D eigenvalue weighted by Gasteiger charge is 2.34. The van der Waals surface area contributed by atoms with Crippen LogP contribution in [0.15, 0.2) is 23.1 Å². The van der Waals surface area contributed by atoms with Gasteiger partial charge in [0.05, 0.1) is 5.75 Å². The van der Waals surface area contributed by atoms with Gasteiger partial charge in [-0.05, 0) is 30.4 Å². The van der Waals surface area contributed by atoms with E-state index >= 15 is 0 Å². The molecule has 106 valence electrons. The molecule has 1 saturated heterocycles. The van der Waals surface area contributed by atoms with E-state index in [4.69, 9.17) is 9.84 Å². The van der Waals surface area contributed by atoms with Gasteiger partial charge in [-0.25, -0.2) is 12.8 Å². The van der Waals surface area contributed by atoms with Gasteiger partial charge in [-0.15, -0.1) is 0 Å². The van der Waals surface area contributed by atoms with Crippen LogP contribution in [0.4, 0.5) is 4.39 Å². The van der Waals surface area contributed by atoms with E-state index in [1.807, 2.05) is 6.92 Å². The predicted octanol–water partition coefficient (Wildman–Crippen LogP) is 2.12. The summed E-state index contributed by atoms with van der Waals surface area (Å²) >= 11 is 0. The van der Waals surface area contributed by atoms with Gasteiger partial charge in [0, 0.05) is 19.3 Å². The van der Waals surface area contributed by atoms with Crippen molar-refractivity contribution in [3.8, 4) is 5.75 Å². The van der Waals surface area contributed by atoms with Crippen molar-refractivity contribution in [1.29, 1.82) is 0 Å². The number of hydrogen-bond acceptors (Lipinski definition) is 4. The number of aromatic hydroxyl groups is 1. The Morgan fingerprint density at radius 2 is 2.00 bits per heavy atom. The van der Waals surface area contributed by atoms with Gasteiger partial charge in [0.25, 0.3) is 0 Å². The number of halogens is 1. The third-order valence-corrected chi connectivity index (χ3v) is 5.57. The largest absolute Gasteiger partial charge is 0.508 e. The summed E-state index contributed by atoms with van der Waals surface area (Å²) in [6.07, 6.45) is 1.29. The number of phenols is 1. The van der Waals surface area contributed by atoms with Gasteiger partial charge in [-0.1, -0.05) is 6.92 Å². The summed E-state index contributed by atoms with van der Waals surface area (Å²) in [6.45, 7) is 2.94. The van der Waals surface area contributed by atoms with Crippen LogP contribution in [-0.4, -0.2) is 32.5 Å². The molecule has 1 aliphatic rings. The van der Waals surface area contributed by atoms with E-state index < -0.39 is 15.7 Å². The molecular formula is C13H17FO4S. The Bertz CT molecular complexity index is 562. The van der Waals surface area contributed by atoms with Gasteiger partial charge in [-0.3, -0.25) is 0 Å². The molecular weight excluding hydrogens is 271 g/mol. The van der Waals surface area contributed by atoms with E-state index in [-0.39, 0.29) is 21.8 Å². The lowest BCUT2D eigenvalue weighted by Gasteiger charge is -2.33. The van der Waals surface area contributed by atoms with Crippen LogP contribution in [0.5, 0.6) is 5.75 Å². The van der Waals surface area contributed by atoms with Gasteiger partial charge < -0.3 is 9.84 Å². The SMILES string of the molecule is CC1(CS(=O)(=O)c2ccc(O)cc2F)CCOCC1. The first-order chi connectivity index (χ1) is 8.82. The maximum Gasteiger partial charge on any atom is 0.181 e. The molecule has 1 fully saturated rings. The summed E-state index contributed by atoms with van der Waals surface area (Å²) in [5.74, 6) is -1.30. The third kappa shape index (κ3) is 3.25. The minimum absolute atomic E-state index is 0.106. The Kier molecular flexibility index (Phi) is 3.82. The summed E-state index contributed by atoms with van der Waals surface area (Å²) in [4.78, 5) is -0.349. The molecule has 1 aromatic carbocycles. The smallest absolute Gasteiger partial charge is 0.181 e. The van der Waals surface area contributed by atoms with Crippen molar-refractivity contribution in [1.82, 2.24) is 0 Å². The first-order valence-electron chi connectivity index (χ1n) is 6.11. The molecule has 1 aromatic rings. The van der Waals surface area contributed by atoms with Crippen molar-refractivity contribution in [2.45, 2.75) is 24.7 Å². The fourth-order valence-corrected chi connectivity index (χ4v) is 4.28. The summed E-state index contributed by atoms with van der Waals surface area (Å²) in [6, 6.07) is 3.12. The maximum absolute atomic E-state index is 13.7. The number of benzene rings is 1. The molecule has 0 unspecified atom stereocenters. The van der Waals surface area contributed by atoms with E-state index in [1.54, 1.807) is 0 Å². The van der Waals surface area contributed by atoms with Gasteiger partial charge in [-0.2, -0.15) is 0 Å². The number of sulfone groups is 1. The van der Waals surface area contributed by atoms with Gasteiger partial charge >= 0.3 is 0 Å². The molecule has 0 saturated carbocycles. The summed E-state index contributed by atoms with van der Waals surface area (Å²) in [7, 11) is -3.71. The molecule has 0 aliphatic carbocycles. The molecule has 6 heteroatoms. The van der Waals surface area contributed by atoms with Crippen molar-refractivity contribution in [2.24, 2.45) is 5.41 Å². The van der Waals surface area contributed by atoms with Crippen LogP contribution in [0.25, 0.3) is 0 Å². The van der Waals surface area contributed by atoms with Crippen molar-refractivity contribution in [3.63, 3.8) is 0 Å². The van der Waals surface area contributed by atoms with Crippen molar-refractivity contribution in [2.75, 3.05) is 19.0 Å². The normalized spacial score (nSPS) is 19.3. The molecule has 4 nitrogen and oxygen atoms in total. The van der Waals surface area contributed by atoms with Crippen LogP contribution in [0.2, 0.25) is 0 Å². The van der Waals surface area contributed by atoms with Crippen molar-refractivity contribution >= 4 is 9.84 Å². The topological polar surface area (TPSA) is 63.6 Å². The van der Waals surface area contributed by atoms with E-state index in [0.29, 0.717) is 26.1 Å². The van der Waals surface area contributed by atoms with Crippen LogP contribution in [0, 0.1) is 11.2 Å². The standard InChI is InChI=1S/C13H17FO4S/c1-13(4-6-18-7-5-13)9-19(16,17)12-3-2-10(15)8-11(12)14/h2-3,8,15H,4-7,9H2,1H3. The highest BCUT2D eigenvalue weighted by Crippen LogP contribution is 2.34. The van der Waals surface area contributed by atoms with Crippen LogP contribution in [0.3, 0.4) is 0 Å². The lowest BCUT2D eigenvalue weighted by atomic mass is 9.85. The minimum Gasteiger partial charge on any atom is -0.508 e. The average Bonchev–Trinajstić information content (AvgIpc) is 2.27. The lowest BCUT2D eigenvalue weighted by Crippen LogP contribution is -2.33. The quantitative estimate of drug-likeness (QED) is 0.925. The maximum atomic E-state index is 13.7.